The van der Waals surface area contributed by atoms with E-state index in [-0.39, 0.29) is 6.04 Å². The van der Waals surface area contributed by atoms with Crippen molar-refractivity contribution in [3.8, 4) is 5.88 Å². The second-order valence-electron chi connectivity index (χ2n) is 2.89. The molecule has 1 rings (SSSR count). The number of nitrogens with zero attached hydrogens (tertiary/aromatic N) is 2. The van der Waals surface area contributed by atoms with Crippen molar-refractivity contribution in [2.24, 2.45) is 0 Å². The van der Waals surface area contributed by atoms with Gasteiger partial charge >= 0.3 is 0 Å². The molecule has 1 aromatic rings. The third-order valence-electron chi connectivity index (χ3n) is 1.71. The topological polar surface area (TPSA) is 38.0 Å². The highest BCUT2D eigenvalue weighted by Gasteiger charge is 2.08. The predicted octanol–water partition coefficient (Wildman–Crippen LogP) is 1.73. The minimum absolute atomic E-state index is 0.232. The molecule has 0 unspecified atom stereocenters. The highest BCUT2D eigenvalue weighted by atomic mass is 16.3. The molecular weight excluding hydrogens is 140 g/mol. The minimum atomic E-state index is 0.232. The lowest BCUT2D eigenvalue weighted by atomic mass is 10.3. The molecule has 0 aliphatic rings. The molecule has 3 heteroatoms. The zero-order chi connectivity index (χ0) is 8.43. The van der Waals surface area contributed by atoms with Gasteiger partial charge in [0.25, 0.3) is 0 Å². The van der Waals surface area contributed by atoms with E-state index in [0.717, 1.165) is 12.0 Å². The normalized spacial score (nSPS) is 10.9. The molecule has 0 aliphatic carbocycles. The molecule has 0 aromatic carbocycles. The second kappa shape index (κ2) is 2.95. The Labute approximate surface area is 66.7 Å². The summed E-state index contributed by atoms with van der Waals surface area (Å²) in [5, 5.41) is 13.6. The van der Waals surface area contributed by atoms with Gasteiger partial charge in [0.05, 0.1) is 12.2 Å². The van der Waals surface area contributed by atoms with Crippen molar-refractivity contribution in [2.45, 2.75) is 33.2 Å². The van der Waals surface area contributed by atoms with Crippen molar-refractivity contribution < 1.29 is 5.11 Å². The Morgan fingerprint density at radius 3 is 2.55 bits per heavy atom. The molecule has 0 amide bonds. The van der Waals surface area contributed by atoms with Crippen LogP contribution >= 0.6 is 0 Å². The van der Waals surface area contributed by atoms with Gasteiger partial charge in [-0.3, -0.25) is 0 Å². The van der Waals surface area contributed by atoms with Crippen LogP contribution in [0.3, 0.4) is 0 Å². The Morgan fingerprint density at radius 2 is 2.27 bits per heavy atom. The molecule has 0 spiro atoms. The number of aromatic nitrogens is 2. The van der Waals surface area contributed by atoms with Gasteiger partial charge in [-0.25, -0.2) is 4.68 Å². The summed E-state index contributed by atoms with van der Waals surface area (Å²) >= 11 is 0. The van der Waals surface area contributed by atoms with Crippen molar-refractivity contribution >= 4 is 0 Å². The van der Waals surface area contributed by atoms with E-state index >= 15 is 0 Å². The zero-order valence-corrected chi connectivity index (χ0v) is 7.20. The summed E-state index contributed by atoms with van der Waals surface area (Å²) in [5.41, 5.74) is 0.915. The Kier molecular flexibility index (Phi) is 2.17. The molecule has 0 atom stereocenters. The molecule has 0 fully saturated rings. The van der Waals surface area contributed by atoms with Crippen LogP contribution in [-0.4, -0.2) is 14.9 Å². The second-order valence-corrected chi connectivity index (χ2v) is 2.89. The Morgan fingerprint density at radius 1 is 1.64 bits per heavy atom. The molecule has 11 heavy (non-hydrogen) atoms. The van der Waals surface area contributed by atoms with E-state index in [1.807, 2.05) is 20.8 Å². The van der Waals surface area contributed by atoms with Crippen molar-refractivity contribution in [1.29, 1.82) is 0 Å². The Balaban J connectivity index is 3.00. The zero-order valence-electron chi connectivity index (χ0n) is 7.20. The molecular formula is C8H14N2O. The Bertz CT molecular complexity index is 240. The maximum atomic E-state index is 9.50. The van der Waals surface area contributed by atoms with Crippen molar-refractivity contribution in [3.63, 3.8) is 0 Å². The summed E-state index contributed by atoms with van der Waals surface area (Å²) < 4.78 is 1.62. The first-order valence-corrected chi connectivity index (χ1v) is 3.92. The highest BCUT2D eigenvalue weighted by Crippen LogP contribution is 2.20. The van der Waals surface area contributed by atoms with E-state index in [9.17, 15) is 5.11 Å². The van der Waals surface area contributed by atoms with Gasteiger partial charge in [0, 0.05) is 5.56 Å². The standard InChI is InChI=1S/C8H14N2O/c1-4-7-5-9-10(6(2)3)8(7)11/h5-6,11H,4H2,1-3H3. The third-order valence-corrected chi connectivity index (χ3v) is 1.71. The molecule has 0 radical (unpaired) electrons. The molecule has 62 valence electrons. The number of hydrogen-bond donors (Lipinski definition) is 1. The Hall–Kier alpha value is -0.990. The first-order valence-electron chi connectivity index (χ1n) is 3.92. The lowest BCUT2D eigenvalue weighted by Crippen LogP contribution is -2.01. The van der Waals surface area contributed by atoms with E-state index in [0.29, 0.717) is 5.88 Å². The van der Waals surface area contributed by atoms with E-state index in [1.54, 1.807) is 10.9 Å². The van der Waals surface area contributed by atoms with Gasteiger partial charge in [0.2, 0.25) is 5.88 Å². The van der Waals surface area contributed by atoms with Crippen molar-refractivity contribution in [1.82, 2.24) is 9.78 Å². The van der Waals surface area contributed by atoms with Gasteiger partial charge in [-0.05, 0) is 20.3 Å². The first kappa shape index (κ1) is 8.11. The van der Waals surface area contributed by atoms with Crippen LogP contribution in [0.15, 0.2) is 6.20 Å². The lowest BCUT2D eigenvalue weighted by molar-refractivity contribution is 0.374. The fraction of sp³-hybridized carbons (Fsp3) is 0.625. The summed E-state index contributed by atoms with van der Waals surface area (Å²) in [7, 11) is 0. The summed E-state index contributed by atoms with van der Waals surface area (Å²) in [6.45, 7) is 5.99. The van der Waals surface area contributed by atoms with Gasteiger partial charge in [0.1, 0.15) is 0 Å². The molecule has 0 saturated carbocycles. The molecule has 1 N–H and O–H groups in total. The van der Waals surface area contributed by atoms with Crippen LogP contribution in [0, 0.1) is 0 Å². The van der Waals surface area contributed by atoms with Crippen LogP contribution < -0.4 is 0 Å². The first-order chi connectivity index (χ1) is 5.16. The summed E-state index contributed by atoms with van der Waals surface area (Å²) in [6, 6.07) is 0.232. The van der Waals surface area contributed by atoms with Crippen LogP contribution in [0.25, 0.3) is 0 Å². The van der Waals surface area contributed by atoms with Crippen LogP contribution in [-0.2, 0) is 6.42 Å². The van der Waals surface area contributed by atoms with Gasteiger partial charge in [-0.15, -0.1) is 0 Å². The van der Waals surface area contributed by atoms with Crippen molar-refractivity contribution in [2.75, 3.05) is 0 Å². The average Bonchev–Trinajstić information content (AvgIpc) is 2.30. The van der Waals surface area contributed by atoms with Crippen LogP contribution in [0.2, 0.25) is 0 Å². The fourth-order valence-electron chi connectivity index (χ4n) is 1.02. The minimum Gasteiger partial charge on any atom is -0.493 e. The van der Waals surface area contributed by atoms with Gasteiger partial charge in [0.15, 0.2) is 0 Å². The fourth-order valence-corrected chi connectivity index (χ4v) is 1.02. The largest absolute Gasteiger partial charge is 0.493 e. The quantitative estimate of drug-likeness (QED) is 0.704. The number of aryl methyl sites for hydroxylation is 1. The number of rotatable bonds is 2. The summed E-state index contributed by atoms with van der Waals surface area (Å²) in [5.74, 6) is 0.308. The summed E-state index contributed by atoms with van der Waals surface area (Å²) in [4.78, 5) is 0. The highest BCUT2D eigenvalue weighted by molar-refractivity contribution is 5.22. The number of hydrogen-bond acceptors (Lipinski definition) is 2. The molecule has 0 aliphatic heterocycles. The number of aromatic hydroxyl groups is 1. The molecule has 1 heterocycles. The molecule has 0 saturated heterocycles. The molecule has 3 nitrogen and oxygen atoms in total. The maximum absolute atomic E-state index is 9.50. The SMILES string of the molecule is CCc1cnn(C(C)C)c1O. The van der Waals surface area contributed by atoms with E-state index in [4.69, 9.17) is 0 Å². The van der Waals surface area contributed by atoms with Crippen molar-refractivity contribution in [3.05, 3.63) is 11.8 Å². The van der Waals surface area contributed by atoms with Gasteiger partial charge < -0.3 is 5.11 Å². The molecule has 1 aromatic heterocycles. The average molecular weight is 154 g/mol. The predicted molar refractivity (Wildman–Crippen MR) is 43.7 cm³/mol. The van der Waals surface area contributed by atoms with Gasteiger partial charge in [-0.2, -0.15) is 5.10 Å². The van der Waals surface area contributed by atoms with Crippen LogP contribution in [0.4, 0.5) is 0 Å². The van der Waals surface area contributed by atoms with Crippen LogP contribution in [0.5, 0.6) is 5.88 Å². The third kappa shape index (κ3) is 1.37. The smallest absolute Gasteiger partial charge is 0.212 e. The van der Waals surface area contributed by atoms with E-state index in [2.05, 4.69) is 5.10 Å². The maximum Gasteiger partial charge on any atom is 0.212 e. The molecule has 0 bridgehead atoms. The van der Waals surface area contributed by atoms with Crippen LogP contribution in [0.1, 0.15) is 32.4 Å². The van der Waals surface area contributed by atoms with E-state index < -0.39 is 0 Å². The summed E-state index contributed by atoms with van der Waals surface area (Å²) in [6.07, 6.45) is 2.55. The van der Waals surface area contributed by atoms with E-state index in [1.165, 1.54) is 0 Å². The van der Waals surface area contributed by atoms with Gasteiger partial charge in [-0.1, -0.05) is 6.92 Å². The lowest BCUT2D eigenvalue weighted by Gasteiger charge is -2.06. The monoisotopic (exact) mass is 154 g/mol.